The van der Waals surface area contributed by atoms with Crippen LogP contribution in [0.25, 0.3) is 0 Å². The van der Waals surface area contributed by atoms with Crippen molar-refractivity contribution < 1.29 is 19.1 Å². The predicted molar refractivity (Wildman–Crippen MR) is 115 cm³/mol. The van der Waals surface area contributed by atoms with E-state index in [4.69, 9.17) is 9.47 Å². The van der Waals surface area contributed by atoms with Gasteiger partial charge in [-0.1, -0.05) is 12.1 Å². The summed E-state index contributed by atoms with van der Waals surface area (Å²) >= 11 is 0. The van der Waals surface area contributed by atoms with Crippen molar-refractivity contribution in [3.63, 3.8) is 0 Å². The molecule has 30 heavy (non-hydrogen) atoms. The average molecular weight is 408 g/mol. The molecule has 0 spiro atoms. The highest BCUT2D eigenvalue weighted by Gasteiger charge is 2.45. The van der Waals surface area contributed by atoms with Crippen molar-refractivity contribution in [3.8, 4) is 11.5 Å². The summed E-state index contributed by atoms with van der Waals surface area (Å²) in [6, 6.07) is 9.30. The highest BCUT2D eigenvalue weighted by atomic mass is 16.5. The first-order valence-corrected chi connectivity index (χ1v) is 10.3. The number of carbonyl (C=O) groups excluding carboxylic acids is 2. The largest absolute Gasteiger partial charge is 0.493 e. The van der Waals surface area contributed by atoms with Gasteiger partial charge in [-0.2, -0.15) is 0 Å². The Kier molecular flexibility index (Phi) is 5.28. The highest BCUT2D eigenvalue weighted by Crippen LogP contribution is 2.40. The van der Waals surface area contributed by atoms with Crippen LogP contribution in [0.5, 0.6) is 11.5 Å². The Morgan fingerprint density at radius 2 is 1.73 bits per heavy atom. The van der Waals surface area contributed by atoms with Crippen molar-refractivity contribution in [1.82, 2.24) is 4.90 Å². The molecule has 6 heteroatoms. The minimum Gasteiger partial charge on any atom is -0.493 e. The van der Waals surface area contributed by atoms with Gasteiger partial charge in [0.1, 0.15) is 0 Å². The molecule has 6 nitrogen and oxygen atoms in total. The topological polar surface area (TPSA) is 59.1 Å². The second kappa shape index (κ2) is 7.76. The standard InChI is InChI=1S/C24H28N2O4/c1-14-7-6-8-19(15(14)2)26-23(27)13-20(24(26)28)25-10-9-17-11-21(29-4)22(30-5)12-18(17)16(25)3/h6-8,11-12,16,20H,9-10,13H2,1-5H3/t16-,20-/m1/s1. The third-order valence-corrected chi connectivity index (χ3v) is 6.57. The molecule has 2 aliphatic rings. The van der Waals surface area contributed by atoms with E-state index < -0.39 is 6.04 Å². The SMILES string of the molecule is COc1cc2c(cc1OC)[C@@H](C)N([C@@H]1CC(=O)N(c3cccc(C)c3C)C1=O)CC2. The number of amides is 2. The molecule has 2 aromatic rings. The van der Waals surface area contributed by atoms with Gasteiger partial charge in [0.2, 0.25) is 5.91 Å². The maximum atomic E-state index is 13.4. The quantitative estimate of drug-likeness (QED) is 0.724. The molecule has 1 fully saturated rings. The van der Waals surface area contributed by atoms with Crippen molar-refractivity contribution in [3.05, 3.63) is 52.6 Å². The van der Waals surface area contributed by atoms with E-state index in [-0.39, 0.29) is 24.3 Å². The molecular weight excluding hydrogens is 380 g/mol. The summed E-state index contributed by atoms with van der Waals surface area (Å²) < 4.78 is 10.9. The van der Waals surface area contributed by atoms with E-state index in [0.29, 0.717) is 23.7 Å². The van der Waals surface area contributed by atoms with E-state index in [0.717, 1.165) is 23.1 Å². The van der Waals surface area contributed by atoms with Gasteiger partial charge < -0.3 is 9.47 Å². The van der Waals surface area contributed by atoms with Crippen molar-refractivity contribution >= 4 is 17.5 Å². The number of fused-ring (bicyclic) bond motifs is 1. The maximum absolute atomic E-state index is 13.4. The van der Waals surface area contributed by atoms with Crippen LogP contribution >= 0.6 is 0 Å². The first kappa shape index (κ1) is 20.4. The fourth-order valence-corrected chi connectivity index (χ4v) is 4.70. The molecule has 0 aliphatic carbocycles. The number of benzene rings is 2. The molecule has 0 unspecified atom stereocenters. The third kappa shape index (κ3) is 3.16. The van der Waals surface area contributed by atoms with Crippen LogP contribution in [0.15, 0.2) is 30.3 Å². The summed E-state index contributed by atoms with van der Waals surface area (Å²) in [5.74, 6) is 1.12. The van der Waals surface area contributed by atoms with E-state index in [2.05, 4.69) is 11.8 Å². The summed E-state index contributed by atoms with van der Waals surface area (Å²) in [4.78, 5) is 29.8. The molecule has 2 amide bonds. The smallest absolute Gasteiger partial charge is 0.251 e. The molecule has 0 saturated carbocycles. The Balaban J connectivity index is 1.65. The van der Waals surface area contributed by atoms with E-state index >= 15 is 0 Å². The number of hydrogen-bond acceptors (Lipinski definition) is 5. The zero-order chi connectivity index (χ0) is 21.6. The van der Waals surface area contributed by atoms with Crippen molar-refractivity contribution in [2.24, 2.45) is 0 Å². The number of carbonyl (C=O) groups is 2. The van der Waals surface area contributed by atoms with Gasteiger partial charge in [0, 0.05) is 12.6 Å². The minimum absolute atomic E-state index is 0.00568. The van der Waals surface area contributed by atoms with Crippen LogP contribution in [0.4, 0.5) is 5.69 Å². The van der Waals surface area contributed by atoms with E-state index in [9.17, 15) is 9.59 Å². The lowest BCUT2D eigenvalue weighted by atomic mass is 9.91. The van der Waals surface area contributed by atoms with Crippen LogP contribution in [-0.4, -0.2) is 43.5 Å². The monoisotopic (exact) mass is 408 g/mol. The second-order valence-electron chi connectivity index (χ2n) is 8.08. The Labute approximate surface area is 177 Å². The number of rotatable bonds is 4. The molecule has 4 rings (SSSR count). The lowest BCUT2D eigenvalue weighted by Gasteiger charge is -2.38. The molecule has 2 heterocycles. The van der Waals surface area contributed by atoms with Gasteiger partial charge in [-0.3, -0.25) is 14.5 Å². The summed E-state index contributed by atoms with van der Waals surface area (Å²) in [6.07, 6.45) is 1.00. The third-order valence-electron chi connectivity index (χ3n) is 6.57. The lowest BCUT2D eigenvalue weighted by molar-refractivity contribution is -0.123. The molecule has 1 saturated heterocycles. The predicted octanol–water partition coefficient (Wildman–Crippen LogP) is 3.57. The van der Waals surface area contributed by atoms with E-state index in [1.807, 2.05) is 44.2 Å². The number of aryl methyl sites for hydroxylation is 1. The van der Waals surface area contributed by atoms with Crippen molar-refractivity contribution in [2.75, 3.05) is 25.7 Å². The Bertz CT molecular complexity index is 1020. The van der Waals surface area contributed by atoms with E-state index in [1.54, 1.807) is 14.2 Å². The van der Waals surface area contributed by atoms with Gasteiger partial charge in [-0.25, -0.2) is 4.90 Å². The van der Waals surface area contributed by atoms with Crippen LogP contribution in [-0.2, 0) is 16.0 Å². The number of ether oxygens (including phenoxy) is 2. The van der Waals surface area contributed by atoms with Crippen LogP contribution < -0.4 is 14.4 Å². The molecule has 0 aromatic heterocycles. The van der Waals surface area contributed by atoms with Gasteiger partial charge >= 0.3 is 0 Å². The van der Waals surface area contributed by atoms with Crippen LogP contribution in [0.1, 0.15) is 41.6 Å². The van der Waals surface area contributed by atoms with Crippen LogP contribution in [0.3, 0.4) is 0 Å². The molecule has 2 aliphatic heterocycles. The zero-order valence-electron chi connectivity index (χ0n) is 18.2. The van der Waals surface area contributed by atoms with Crippen molar-refractivity contribution in [1.29, 1.82) is 0 Å². The Hall–Kier alpha value is -2.86. The van der Waals surface area contributed by atoms with Gasteiger partial charge in [0.05, 0.1) is 32.4 Å². The van der Waals surface area contributed by atoms with Gasteiger partial charge in [-0.05, 0) is 67.6 Å². The van der Waals surface area contributed by atoms with E-state index in [1.165, 1.54) is 10.5 Å². The number of anilines is 1. The van der Waals surface area contributed by atoms with Crippen LogP contribution in [0, 0.1) is 13.8 Å². The number of hydrogen-bond donors (Lipinski definition) is 0. The highest BCUT2D eigenvalue weighted by molar-refractivity contribution is 6.22. The maximum Gasteiger partial charge on any atom is 0.251 e. The molecule has 0 N–H and O–H groups in total. The molecule has 2 atom stereocenters. The average Bonchev–Trinajstić information content (AvgIpc) is 3.03. The molecule has 0 radical (unpaired) electrons. The fraction of sp³-hybridized carbons (Fsp3) is 0.417. The Morgan fingerprint density at radius 1 is 1.03 bits per heavy atom. The summed E-state index contributed by atoms with van der Waals surface area (Å²) in [6.45, 7) is 6.75. The second-order valence-corrected chi connectivity index (χ2v) is 8.08. The van der Waals surface area contributed by atoms with Crippen LogP contribution in [0.2, 0.25) is 0 Å². The summed E-state index contributed by atoms with van der Waals surface area (Å²) in [7, 11) is 3.25. The van der Waals surface area contributed by atoms with Crippen molar-refractivity contribution in [2.45, 2.75) is 45.7 Å². The normalized spacial score (nSPS) is 21.7. The molecule has 0 bridgehead atoms. The Morgan fingerprint density at radius 3 is 2.43 bits per heavy atom. The first-order chi connectivity index (χ1) is 14.4. The fourth-order valence-electron chi connectivity index (χ4n) is 4.70. The molecule has 2 aromatic carbocycles. The first-order valence-electron chi connectivity index (χ1n) is 10.3. The number of methoxy groups -OCH3 is 2. The van der Waals surface area contributed by atoms with Gasteiger partial charge in [0.15, 0.2) is 11.5 Å². The summed E-state index contributed by atoms with van der Waals surface area (Å²) in [5, 5.41) is 0. The number of nitrogens with zero attached hydrogens (tertiary/aromatic N) is 2. The number of imide groups is 1. The zero-order valence-corrected chi connectivity index (χ0v) is 18.2. The molecule has 158 valence electrons. The van der Waals surface area contributed by atoms with Gasteiger partial charge in [-0.15, -0.1) is 0 Å². The molecular formula is C24H28N2O4. The van der Waals surface area contributed by atoms with Gasteiger partial charge in [0.25, 0.3) is 5.91 Å². The minimum atomic E-state index is -0.450. The lowest BCUT2D eigenvalue weighted by Crippen LogP contribution is -2.46. The summed E-state index contributed by atoms with van der Waals surface area (Å²) in [5.41, 5.74) is 5.04.